The van der Waals surface area contributed by atoms with Crippen molar-refractivity contribution < 1.29 is 9.84 Å². The van der Waals surface area contributed by atoms with Crippen molar-refractivity contribution in [2.24, 2.45) is 0 Å². The Hall–Kier alpha value is -1.40. The van der Waals surface area contributed by atoms with Gasteiger partial charge in [-0.3, -0.25) is 0 Å². The van der Waals surface area contributed by atoms with Crippen LogP contribution >= 0.6 is 0 Å². The van der Waals surface area contributed by atoms with E-state index < -0.39 is 0 Å². The molecule has 114 valence electrons. The minimum Gasteiger partial charge on any atom is -0.394 e. The third kappa shape index (κ3) is 4.94. The number of ether oxygens (including phenoxy) is 1. The number of aliphatic hydroxyl groups is 1. The van der Waals surface area contributed by atoms with Crippen LogP contribution in [0.5, 0.6) is 0 Å². The number of aromatic nitrogens is 2. The highest BCUT2D eigenvalue weighted by Crippen LogP contribution is 2.22. The Labute approximate surface area is 121 Å². The van der Waals surface area contributed by atoms with Crippen LogP contribution in [-0.2, 0) is 10.2 Å². The molecule has 0 amide bonds. The van der Waals surface area contributed by atoms with Gasteiger partial charge in [0.15, 0.2) is 0 Å². The normalized spacial score (nSPS) is 13.1. The Morgan fingerprint density at radius 2 is 1.95 bits per heavy atom. The standard InChI is InChI=1S/C14H26N4O2/c1-6-15-11-7-12(16-10(8-19)9-20-5)18-13(17-11)14(2,3)4/h7,10,19H,6,8-9H2,1-5H3,(H2,15,16,17,18). The summed E-state index contributed by atoms with van der Waals surface area (Å²) in [6, 6.07) is 1.66. The van der Waals surface area contributed by atoms with Crippen LogP contribution in [0.4, 0.5) is 11.6 Å². The van der Waals surface area contributed by atoms with Gasteiger partial charge in [0, 0.05) is 25.1 Å². The van der Waals surface area contributed by atoms with Crippen LogP contribution in [0.25, 0.3) is 0 Å². The smallest absolute Gasteiger partial charge is 0.138 e. The summed E-state index contributed by atoms with van der Waals surface area (Å²) < 4.78 is 5.06. The zero-order valence-corrected chi connectivity index (χ0v) is 13.0. The fourth-order valence-corrected chi connectivity index (χ4v) is 1.68. The number of rotatable bonds is 7. The van der Waals surface area contributed by atoms with Gasteiger partial charge in [-0.15, -0.1) is 0 Å². The Morgan fingerprint density at radius 3 is 2.45 bits per heavy atom. The van der Waals surface area contributed by atoms with Crippen LogP contribution in [0.1, 0.15) is 33.5 Å². The molecule has 0 radical (unpaired) electrons. The first-order valence-electron chi connectivity index (χ1n) is 6.90. The van der Waals surface area contributed by atoms with E-state index in [0.29, 0.717) is 12.4 Å². The van der Waals surface area contributed by atoms with E-state index in [1.807, 2.05) is 13.0 Å². The van der Waals surface area contributed by atoms with Crippen LogP contribution in [0.15, 0.2) is 6.07 Å². The molecule has 0 aliphatic carbocycles. The quantitative estimate of drug-likeness (QED) is 0.705. The summed E-state index contributed by atoms with van der Waals surface area (Å²) in [5.41, 5.74) is -0.141. The first-order chi connectivity index (χ1) is 9.40. The predicted octanol–water partition coefficient (Wildman–Crippen LogP) is 1.63. The summed E-state index contributed by atoms with van der Waals surface area (Å²) in [7, 11) is 1.61. The third-order valence-electron chi connectivity index (χ3n) is 2.70. The van der Waals surface area contributed by atoms with Crippen molar-refractivity contribution in [2.75, 3.05) is 37.5 Å². The minimum absolute atomic E-state index is 0.0146. The Bertz CT molecular complexity index is 418. The number of nitrogens with zero attached hydrogens (tertiary/aromatic N) is 2. The van der Waals surface area contributed by atoms with E-state index in [4.69, 9.17) is 4.74 Å². The van der Waals surface area contributed by atoms with Gasteiger partial charge in [-0.1, -0.05) is 20.8 Å². The summed E-state index contributed by atoms with van der Waals surface area (Å²) >= 11 is 0. The molecule has 1 heterocycles. The van der Waals surface area contributed by atoms with Gasteiger partial charge in [0.25, 0.3) is 0 Å². The van der Waals surface area contributed by atoms with Crippen LogP contribution in [0, 0.1) is 0 Å². The molecule has 0 bridgehead atoms. The van der Waals surface area contributed by atoms with Crippen LogP contribution in [0.3, 0.4) is 0 Å². The fourth-order valence-electron chi connectivity index (χ4n) is 1.68. The second-order valence-electron chi connectivity index (χ2n) is 5.72. The first-order valence-corrected chi connectivity index (χ1v) is 6.90. The van der Waals surface area contributed by atoms with E-state index in [-0.39, 0.29) is 18.1 Å². The zero-order valence-electron chi connectivity index (χ0n) is 13.0. The van der Waals surface area contributed by atoms with Crippen molar-refractivity contribution in [3.05, 3.63) is 11.9 Å². The predicted molar refractivity (Wildman–Crippen MR) is 81.3 cm³/mol. The molecule has 0 saturated carbocycles. The number of hydrogen-bond acceptors (Lipinski definition) is 6. The lowest BCUT2D eigenvalue weighted by Crippen LogP contribution is -2.30. The zero-order chi connectivity index (χ0) is 15.2. The minimum atomic E-state index is -0.183. The maximum atomic E-state index is 9.32. The van der Waals surface area contributed by atoms with Crippen LogP contribution < -0.4 is 10.6 Å². The van der Waals surface area contributed by atoms with Crippen molar-refractivity contribution >= 4 is 11.6 Å². The molecule has 0 spiro atoms. The molecular weight excluding hydrogens is 256 g/mol. The second kappa shape index (κ2) is 7.40. The van der Waals surface area contributed by atoms with E-state index in [9.17, 15) is 5.11 Å². The van der Waals surface area contributed by atoms with E-state index in [1.165, 1.54) is 0 Å². The van der Waals surface area contributed by atoms with Crippen LogP contribution in [-0.4, -0.2) is 48.0 Å². The Balaban J connectivity index is 3.02. The van der Waals surface area contributed by atoms with Crippen LogP contribution in [0.2, 0.25) is 0 Å². The molecule has 0 fully saturated rings. The first kappa shape index (κ1) is 16.7. The van der Waals surface area contributed by atoms with Crippen molar-refractivity contribution in [3.8, 4) is 0 Å². The third-order valence-corrected chi connectivity index (χ3v) is 2.70. The lowest BCUT2D eigenvalue weighted by Gasteiger charge is -2.21. The molecule has 1 unspecified atom stereocenters. The molecule has 6 nitrogen and oxygen atoms in total. The number of nitrogens with one attached hydrogen (secondary N) is 2. The molecule has 3 N–H and O–H groups in total. The van der Waals surface area contributed by atoms with E-state index in [1.54, 1.807) is 7.11 Å². The largest absolute Gasteiger partial charge is 0.394 e. The molecule has 1 rings (SSSR count). The fraction of sp³-hybridized carbons (Fsp3) is 0.714. The highest BCUT2D eigenvalue weighted by molar-refractivity contribution is 5.48. The topological polar surface area (TPSA) is 79.3 Å². The molecule has 20 heavy (non-hydrogen) atoms. The van der Waals surface area contributed by atoms with Gasteiger partial charge in [-0.25, -0.2) is 9.97 Å². The number of aliphatic hydroxyl groups excluding tert-OH is 1. The Morgan fingerprint density at radius 1 is 1.30 bits per heavy atom. The van der Waals surface area contributed by atoms with Crippen molar-refractivity contribution in [1.82, 2.24) is 9.97 Å². The van der Waals surface area contributed by atoms with Gasteiger partial charge in [0.05, 0.1) is 19.3 Å². The molecule has 1 atom stereocenters. The van der Waals surface area contributed by atoms with E-state index in [0.717, 1.165) is 18.2 Å². The maximum Gasteiger partial charge on any atom is 0.138 e. The molecule has 1 aromatic rings. The van der Waals surface area contributed by atoms with Gasteiger partial charge in [-0.05, 0) is 6.92 Å². The summed E-state index contributed by atoms with van der Waals surface area (Å²) in [5, 5.41) is 15.7. The molecule has 1 aromatic heterocycles. The van der Waals surface area contributed by atoms with Crippen molar-refractivity contribution in [2.45, 2.75) is 39.2 Å². The van der Waals surface area contributed by atoms with Crippen molar-refractivity contribution in [3.63, 3.8) is 0 Å². The molecule has 0 aromatic carbocycles. The average molecular weight is 282 g/mol. The molecule has 6 heteroatoms. The van der Waals surface area contributed by atoms with Gasteiger partial charge >= 0.3 is 0 Å². The Kier molecular flexibility index (Phi) is 6.16. The highest BCUT2D eigenvalue weighted by Gasteiger charge is 2.20. The van der Waals surface area contributed by atoms with Gasteiger partial charge in [0.2, 0.25) is 0 Å². The SMILES string of the molecule is CCNc1cc(NC(CO)COC)nc(C(C)(C)C)n1. The monoisotopic (exact) mass is 282 g/mol. The number of methoxy groups -OCH3 is 1. The highest BCUT2D eigenvalue weighted by atomic mass is 16.5. The van der Waals surface area contributed by atoms with Gasteiger partial charge < -0.3 is 20.5 Å². The lowest BCUT2D eigenvalue weighted by atomic mass is 9.96. The van der Waals surface area contributed by atoms with Crippen molar-refractivity contribution in [1.29, 1.82) is 0 Å². The second-order valence-corrected chi connectivity index (χ2v) is 5.72. The van der Waals surface area contributed by atoms with Gasteiger partial charge in [0.1, 0.15) is 17.5 Å². The number of hydrogen-bond donors (Lipinski definition) is 3. The summed E-state index contributed by atoms with van der Waals surface area (Å²) in [4.78, 5) is 9.05. The maximum absolute atomic E-state index is 9.32. The number of anilines is 2. The molecule has 0 aliphatic heterocycles. The average Bonchev–Trinajstić information content (AvgIpc) is 2.37. The molecular formula is C14H26N4O2. The van der Waals surface area contributed by atoms with Gasteiger partial charge in [-0.2, -0.15) is 0 Å². The summed E-state index contributed by atoms with van der Waals surface area (Å²) in [5.74, 6) is 2.23. The summed E-state index contributed by atoms with van der Waals surface area (Å²) in [6.45, 7) is 9.43. The molecule has 0 aliphatic rings. The van der Waals surface area contributed by atoms with E-state index >= 15 is 0 Å². The summed E-state index contributed by atoms with van der Waals surface area (Å²) in [6.07, 6.45) is 0. The molecule has 0 saturated heterocycles. The van der Waals surface area contributed by atoms with E-state index in [2.05, 4.69) is 41.4 Å². The lowest BCUT2D eigenvalue weighted by molar-refractivity contribution is 0.153.